The number of anilines is 1. The van der Waals surface area contributed by atoms with Crippen molar-refractivity contribution in [3.05, 3.63) is 40.4 Å². The molecule has 1 aliphatic carbocycles. The summed E-state index contributed by atoms with van der Waals surface area (Å²) in [4.78, 5) is 18.1. The zero-order valence-corrected chi connectivity index (χ0v) is 13.0. The fraction of sp³-hybridized carbons (Fsp3) is 0.375. The lowest BCUT2D eigenvalue weighted by Gasteiger charge is -2.15. The summed E-state index contributed by atoms with van der Waals surface area (Å²) in [5.74, 6) is 1.24. The van der Waals surface area contributed by atoms with Crippen LogP contribution >= 0.6 is 11.3 Å². The number of ether oxygens (including phenoxy) is 1. The molecule has 1 N–H and O–H groups in total. The quantitative estimate of drug-likeness (QED) is 0.943. The molecule has 21 heavy (non-hydrogen) atoms. The highest BCUT2D eigenvalue weighted by Gasteiger charge is 2.20. The predicted octanol–water partition coefficient (Wildman–Crippen LogP) is 3.53. The van der Waals surface area contributed by atoms with Crippen molar-refractivity contribution in [1.82, 2.24) is 4.98 Å². The molecular weight excluding hydrogens is 284 g/mol. The van der Waals surface area contributed by atoms with Crippen LogP contribution in [0.25, 0.3) is 0 Å². The van der Waals surface area contributed by atoms with E-state index in [0.29, 0.717) is 22.4 Å². The Bertz CT molecular complexity index is 666. The first-order chi connectivity index (χ1) is 10.2. The molecule has 0 unspecified atom stereocenters. The van der Waals surface area contributed by atoms with Crippen LogP contribution in [-0.2, 0) is 12.8 Å². The maximum absolute atomic E-state index is 12.3. The van der Waals surface area contributed by atoms with Crippen LogP contribution in [0.15, 0.2) is 24.3 Å². The van der Waals surface area contributed by atoms with Crippen molar-refractivity contribution in [3.8, 4) is 5.75 Å². The number of nitrogens with one attached hydrogen (secondary N) is 1. The molecule has 1 aliphatic rings. The number of hydrogen-bond acceptors (Lipinski definition) is 4. The lowest BCUT2D eigenvalue weighted by Crippen LogP contribution is -2.12. The van der Waals surface area contributed by atoms with Crippen molar-refractivity contribution in [2.24, 2.45) is 5.92 Å². The summed E-state index contributed by atoms with van der Waals surface area (Å²) >= 11 is 1.60. The SMILES string of the molecule is COc1cccc(C(=O)Nc2nc3c(s2)C[C@@H](C)CC3)c1. The molecule has 0 saturated carbocycles. The summed E-state index contributed by atoms with van der Waals surface area (Å²) in [7, 11) is 1.59. The summed E-state index contributed by atoms with van der Waals surface area (Å²) in [6.45, 7) is 2.26. The predicted molar refractivity (Wildman–Crippen MR) is 84.3 cm³/mol. The average Bonchev–Trinajstić information content (AvgIpc) is 2.88. The van der Waals surface area contributed by atoms with E-state index in [1.54, 1.807) is 30.6 Å². The number of fused-ring (bicyclic) bond motifs is 1. The van der Waals surface area contributed by atoms with Crippen molar-refractivity contribution in [1.29, 1.82) is 0 Å². The van der Waals surface area contributed by atoms with Crippen molar-refractivity contribution in [2.45, 2.75) is 26.2 Å². The van der Waals surface area contributed by atoms with Crippen LogP contribution in [0, 0.1) is 5.92 Å². The standard InChI is InChI=1S/C16H18N2O2S/c1-10-6-7-13-14(8-10)21-16(17-13)18-15(19)11-4-3-5-12(9-11)20-2/h3-5,9-10H,6-8H2,1-2H3,(H,17,18,19)/t10-/m0/s1. The molecule has 1 amide bonds. The van der Waals surface area contributed by atoms with Crippen LogP contribution < -0.4 is 10.1 Å². The smallest absolute Gasteiger partial charge is 0.257 e. The van der Waals surface area contributed by atoms with E-state index >= 15 is 0 Å². The molecule has 110 valence electrons. The Labute approximate surface area is 128 Å². The molecule has 0 bridgehead atoms. The van der Waals surface area contributed by atoms with Gasteiger partial charge in [-0.2, -0.15) is 0 Å². The van der Waals surface area contributed by atoms with Crippen molar-refractivity contribution >= 4 is 22.4 Å². The molecule has 0 aliphatic heterocycles. The van der Waals surface area contributed by atoms with Gasteiger partial charge in [-0.1, -0.05) is 13.0 Å². The number of nitrogens with zero attached hydrogens (tertiary/aromatic N) is 1. The minimum atomic E-state index is -0.145. The third kappa shape index (κ3) is 3.08. The average molecular weight is 302 g/mol. The number of aromatic nitrogens is 1. The van der Waals surface area contributed by atoms with Gasteiger partial charge in [-0.15, -0.1) is 11.3 Å². The van der Waals surface area contributed by atoms with E-state index < -0.39 is 0 Å². The minimum absolute atomic E-state index is 0.145. The number of benzene rings is 1. The van der Waals surface area contributed by atoms with Gasteiger partial charge in [0.25, 0.3) is 5.91 Å². The van der Waals surface area contributed by atoms with Crippen molar-refractivity contribution in [2.75, 3.05) is 12.4 Å². The highest BCUT2D eigenvalue weighted by molar-refractivity contribution is 7.15. The lowest BCUT2D eigenvalue weighted by molar-refractivity contribution is 0.102. The van der Waals surface area contributed by atoms with Gasteiger partial charge in [0.1, 0.15) is 5.75 Å². The fourth-order valence-electron chi connectivity index (χ4n) is 2.53. The van der Waals surface area contributed by atoms with E-state index in [1.807, 2.05) is 12.1 Å². The zero-order chi connectivity index (χ0) is 14.8. The van der Waals surface area contributed by atoms with Crippen LogP contribution in [0.1, 0.15) is 34.3 Å². The molecule has 0 fully saturated rings. The normalized spacial score (nSPS) is 17.1. The topological polar surface area (TPSA) is 51.2 Å². The van der Waals surface area contributed by atoms with E-state index in [0.717, 1.165) is 18.5 Å². The van der Waals surface area contributed by atoms with Gasteiger partial charge in [0.2, 0.25) is 0 Å². The Hall–Kier alpha value is -1.88. The van der Waals surface area contributed by atoms with Crippen LogP contribution in [0.5, 0.6) is 5.75 Å². The highest BCUT2D eigenvalue weighted by atomic mass is 32.1. The molecule has 0 spiro atoms. The molecule has 4 nitrogen and oxygen atoms in total. The van der Waals surface area contributed by atoms with E-state index in [-0.39, 0.29) is 5.91 Å². The lowest BCUT2D eigenvalue weighted by atomic mass is 9.93. The van der Waals surface area contributed by atoms with E-state index in [1.165, 1.54) is 11.3 Å². The fourth-order valence-corrected chi connectivity index (χ4v) is 3.69. The van der Waals surface area contributed by atoms with Gasteiger partial charge >= 0.3 is 0 Å². The van der Waals surface area contributed by atoms with E-state index in [4.69, 9.17) is 4.74 Å². The maximum atomic E-state index is 12.3. The van der Waals surface area contributed by atoms with Crippen LogP contribution in [0.2, 0.25) is 0 Å². The molecule has 2 aromatic rings. The van der Waals surface area contributed by atoms with Gasteiger partial charge in [-0.05, 0) is 43.4 Å². The molecule has 1 heterocycles. The first-order valence-electron chi connectivity index (χ1n) is 7.09. The molecule has 0 radical (unpaired) electrons. The first kappa shape index (κ1) is 14.1. The Morgan fingerprint density at radius 2 is 2.33 bits per heavy atom. The van der Waals surface area contributed by atoms with Gasteiger partial charge in [0.15, 0.2) is 5.13 Å². The van der Waals surface area contributed by atoms with Crippen molar-refractivity contribution < 1.29 is 9.53 Å². The summed E-state index contributed by atoms with van der Waals surface area (Å²) in [6, 6.07) is 7.13. The molecule has 5 heteroatoms. The number of rotatable bonds is 3. The van der Waals surface area contributed by atoms with Crippen LogP contribution in [-0.4, -0.2) is 18.0 Å². The third-order valence-corrected chi connectivity index (χ3v) is 4.77. The number of aryl methyl sites for hydroxylation is 1. The second-order valence-corrected chi connectivity index (χ2v) is 6.51. The molecule has 3 rings (SSSR count). The summed E-state index contributed by atoms with van der Waals surface area (Å²) < 4.78 is 5.14. The summed E-state index contributed by atoms with van der Waals surface area (Å²) in [6.07, 6.45) is 3.27. The van der Waals surface area contributed by atoms with Gasteiger partial charge in [0, 0.05) is 10.4 Å². The van der Waals surface area contributed by atoms with E-state index in [2.05, 4.69) is 17.2 Å². The second kappa shape index (κ2) is 5.85. The monoisotopic (exact) mass is 302 g/mol. The third-order valence-electron chi connectivity index (χ3n) is 3.74. The Morgan fingerprint density at radius 1 is 1.48 bits per heavy atom. The largest absolute Gasteiger partial charge is 0.497 e. The molecule has 1 atom stereocenters. The Kier molecular flexibility index (Phi) is 3.92. The number of amides is 1. The number of thiazole rings is 1. The Balaban J connectivity index is 1.75. The summed E-state index contributed by atoms with van der Waals surface area (Å²) in [5.41, 5.74) is 1.73. The highest BCUT2D eigenvalue weighted by Crippen LogP contribution is 2.32. The Morgan fingerprint density at radius 3 is 3.14 bits per heavy atom. The molecular formula is C16H18N2O2S. The number of hydrogen-bond donors (Lipinski definition) is 1. The van der Waals surface area contributed by atoms with E-state index in [9.17, 15) is 4.79 Å². The van der Waals surface area contributed by atoms with Gasteiger partial charge < -0.3 is 4.74 Å². The molecule has 0 saturated heterocycles. The zero-order valence-electron chi connectivity index (χ0n) is 12.2. The van der Waals surface area contributed by atoms with Gasteiger partial charge in [-0.3, -0.25) is 10.1 Å². The second-order valence-electron chi connectivity index (χ2n) is 5.42. The van der Waals surface area contributed by atoms with Gasteiger partial charge in [0.05, 0.1) is 12.8 Å². The van der Waals surface area contributed by atoms with Crippen LogP contribution in [0.4, 0.5) is 5.13 Å². The minimum Gasteiger partial charge on any atom is -0.497 e. The first-order valence-corrected chi connectivity index (χ1v) is 7.91. The number of methoxy groups -OCH3 is 1. The van der Waals surface area contributed by atoms with Gasteiger partial charge in [-0.25, -0.2) is 4.98 Å². The summed E-state index contributed by atoms with van der Waals surface area (Å²) in [5, 5.41) is 3.59. The maximum Gasteiger partial charge on any atom is 0.257 e. The van der Waals surface area contributed by atoms with Crippen molar-refractivity contribution in [3.63, 3.8) is 0 Å². The number of carbonyl (C=O) groups excluding carboxylic acids is 1. The number of carbonyl (C=O) groups is 1. The molecule has 1 aromatic heterocycles. The molecule has 1 aromatic carbocycles. The van der Waals surface area contributed by atoms with Crippen LogP contribution in [0.3, 0.4) is 0 Å².